The highest BCUT2D eigenvalue weighted by molar-refractivity contribution is 5.27. The van der Waals surface area contributed by atoms with Crippen molar-refractivity contribution in [1.82, 2.24) is 5.32 Å². The molecule has 0 aliphatic rings. The Balaban J connectivity index is 2.60. The molecule has 0 saturated heterocycles. The third kappa shape index (κ3) is 4.38. The first-order valence-electron chi connectivity index (χ1n) is 5.45. The van der Waals surface area contributed by atoms with Crippen LogP contribution in [0.2, 0.25) is 0 Å². The number of hydrogen-bond donors (Lipinski definition) is 1. The summed E-state index contributed by atoms with van der Waals surface area (Å²) in [7, 11) is 0. The van der Waals surface area contributed by atoms with Gasteiger partial charge in [-0.05, 0) is 30.7 Å². The van der Waals surface area contributed by atoms with Crippen molar-refractivity contribution in [1.29, 1.82) is 0 Å². The molecule has 0 aromatic heterocycles. The van der Waals surface area contributed by atoms with Crippen LogP contribution >= 0.6 is 0 Å². The molecule has 0 unspecified atom stereocenters. The van der Waals surface area contributed by atoms with Crippen LogP contribution in [0.25, 0.3) is 0 Å². The third-order valence-electron chi connectivity index (χ3n) is 2.34. The molecule has 0 atom stereocenters. The second-order valence-corrected chi connectivity index (χ2v) is 3.80. The molecule has 1 aromatic carbocycles. The zero-order chi connectivity index (χ0) is 13.6. The first-order valence-corrected chi connectivity index (χ1v) is 5.45. The predicted molar refractivity (Wildman–Crippen MR) is 61.2 cm³/mol. The Labute approximate surface area is 103 Å². The maximum absolute atomic E-state index is 13.0. The van der Waals surface area contributed by atoms with Gasteiger partial charge < -0.3 is 5.32 Å². The van der Waals surface area contributed by atoms with E-state index in [1.807, 2.05) is 0 Å². The van der Waals surface area contributed by atoms with Crippen LogP contribution in [0.15, 0.2) is 18.2 Å². The summed E-state index contributed by atoms with van der Waals surface area (Å²) in [6.07, 6.45) is 1.77. The Morgan fingerprint density at radius 3 is 2.61 bits per heavy atom. The quantitative estimate of drug-likeness (QED) is 0.486. The molecule has 98 valence electrons. The number of benzene rings is 1. The molecule has 1 rings (SSSR count). The minimum Gasteiger partial charge on any atom is -0.313 e. The molecular weight excluding hydrogens is 246 g/mol. The lowest BCUT2D eigenvalue weighted by Gasteiger charge is -2.10. The molecule has 0 amide bonds. The van der Waals surface area contributed by atoms with Gasteiger partial charge in [-0.3, -0.25) is 0 Å². The molecule has 0 radical (unpaired) electrons. The van der Waals surface area contributed by atoms with Crippen molar-refractivity contribution in [3.8, 4) is 12.3 Å². The smallest absolute Gasteiger partial charge is 0.313 e. The Hall–Kier alpha value is -1.54. The van der Waals surface area contributed by atoms with Crippen LogP contribution in [0.5, 0.6) is 0 Å². The van der Waals surface area contributed by atoms with E-state index in [9.17, 15) is 17.6 Å². The molecule has 0 bridgehead atoms. The number of unbranched alkanes of at least 4 members (excludes halogenated alkanes) is 1. The summed E-state index contributed by atoms with van der Waals surface area (Å²) in [6.45, 7) is 0.872. The summed E-state index contributed by atoms with van der Waals surface area (Å²) in [5.74, 6) is 1.21. The number of terminal acetylenes is 1. The molecule has 0 heterocycles. The number of rotatable bonds is 5. The fourth-order valence-electron chi connectivity index (χ4n) is 1.45. The lowest BCUT2D eigenvalue weighted by atomic mass is 10.1. The van der Waals surface area contributed by atoms with Crippen molar-refractivity contribution < 1.29 is 17.6 Å². The Bertz CT molecular complexity index is 432. The minimum atomic E-state index is -4.66. The molecular formula is C13H13F4N. The van der Waals surface area contributed by atoms with Crippen molar-refractivity contribution in [3.63, 3.8) is 0 Å². The van der Waals surface area contributed by atoms with Gasteiger partial charge in [0.1, 0.15) is 5.82 Å². The second-order valence-electron chi connectivity index (χ2n) is 3.80. The summed E-state index contributed by atoms with van der Waals surface area (Å²) < 4.78 is 50.3. The second kappa shape index (κ2) is 6.41. The van der Waals surface area contributed by atoms with Gasteiger partial charge in [0.25, 0.3) is 0 Å². The lowest BCUT2D eigenvalue weighted by molar-refractivity contribution is -0.140. The zero-order valence-electron chi connectivity index (χ0n) is 9.65. The molecule has 0 fully saturated rings. The van der Waals surface area contributed by atoms with Crippen molar-refractivity contribution in [2.24, 2.45) is 0 Å². The molecule has 1 N–H and O–H groups in total. The maximum atomic E-state index is 13.0. The highest BCUT2D eigenvalue weighted by Gasteiger charge is 2.34. The molecule has 1 aromatic rings. The van der Waals surface area contributed by atoms with Crippen LogP contribution in [-0.4, -0.2) is 6.54 Å². The monoisotopic (exact) mass is 259 g/mol. The Morgan fingerprint density at radius 1 is 1.28 bits per heavy atom. The van der Waals surface area contributed by atoms with E-state index in [0.29, 0.717) is 18.5 Å². The summed E-state index contributed by atoms with van der Waals surface area (Å²) in [6, 6.07) is 2.99. The first kappa shape index (κ1) is 14.5. The van der Waals surface area contributed by atoms with E-state index in [4.69, 9.17) is 6.42 Å². The fraction of sp³-hybridized carbons (Fsp3) is 0.385. The maximum Gasteiger partial charge on any atom is 0.419 e. The molecule has 5 heteroatoms. The van der Waals surface area contributed by atoms with E-state index in [1.165, 1.54) is 6.07 Å². The first-order chi connectivity index (χ1) is 8.45. The highest BCUT2D eigenvalue weighted by Crippen LogP contribution is 2.31. The van der Waals surface area contributed by atoms with Gasteiger partial charge in [0.15, 0.2) is 0 Å². The van der Waals surface area contributed by atoms with Gasteiger partial charge in [-0.2, -0.15) is 13.2 Å². The average Bonchev–Trinajstić information content (AvgIpc) is 2.29. The molecule has 0 saturated carbocycles. The van der Waals surface area contributed by atoms with Crippen molar-refractivity contribution in [2.75, 3.05) is 6.54 Å². The van der Waals surface area contributed by atoms with Gasteiger partial charge in [0.05, 0.1) is 5.56 Å². The van der Waals surface area contributed by atoms with E-state index in [-0.39, 0.29) is 6.54 Å². The molecule has 1 nitrogen and oxygen atoms in total. The zero-order valence-corrected chi connectivity index (χ0v) is 9.65. The molecule has 0 spiro atoms. The summed E-state index contributed by atoms with van der Waals surface area (Å²) in [5.41, 5.74) is -0.838. The van der Waals surface area contributed by atoms with Crippen molar-refractivity contribution >= 4 is 0 Å². The molecule has 0 aliphatic carbocycles. The molecule has 18 heavy (non-hydrogen) atoms. The van der Waals surface area contributed by atoms with E-state index in [0.717, 1.165) is 18.6 Å². The van der Waals surface area contributed by atoms with E-state index in [1.54, 1.807) is 0 Å². The number of halogens is 4. The topological polar surface area (TPSA) is 12.0 Å². The summed E-state index contributed by atoms with van der Waals surface area (Å²) in [4.78, 5) is 0. The van der Waals surface area contributed by atoms with Gasteiger partial charge in [0.2, 0.25) is 0 Å². The number of hydrogen-bond acceptors (Lipinski definition) is 1. The van der Waals surface area contributed by atoms with E-state index in [2.05, 4.69) is 11.2 Å². The van der Waals surface area contributed by atoms with Crippen LogP contribution in [0.1, 0.15) is 24.0 Å². The number of alkyl halides is 3. The van der Waals surface area contributed by atoms with Gasteiger partial charge in [-0.25, -0.2) is 4.39 Å². The van der Waals surface area contributed by atoms with Gasteiger partial charge in [0, 0.05) is 13.0 Å². The summed E-state index contributed by atoms with van der Waals surface area (Å²) >= 11 is 0. The van der Waals surface area contributed by atoms with Crippen LogP contribution in [0, 0.1) is 18.2 Å². The summed E-state index contributed by atoms with van der Waals surface area (Å²) in [5, 5.41) is 2.95. The van der Waals surface area contributed by atoms with Crippen molar-refractivity contribution in [2.45, 2.75) is 25.6 Å². The van der Waals surface area contributed by atoms with Crippen LogP contribution in [-0.2, 0) is 12.7 Å². The van der Waals surface area contributed by atoms with Gasteiger partial charge in [-0.15, -0.1) is 12.3 Å². The average molecular weight is 259 g/mol. The Kier molecular flexibility index (Phi) is 5.17. The lowest BCUT2D eigenvalue weighted by Crippen LogP contribution is -2.16. The van der Waals surface area contributed by atoms with Gasteiger partial charge >= 0.3 is 6.18 Å². The standard InChI is InChI=1S/C13H13F4N/c1-2-3-4-7-18-9-10-5-6-12(14)11(8-10)13(15,16)17/h1,5-6,8,18H,3-4,7,9H2. The largest absolute Gasteiger partial charge is 0.419 e. The normalized spacial score (nSPS) is 11.3. The highest BCUT2D eigenvalue weighted by atomic mass is 19.4. The van der Waals surface area contributed by atoms with E-state index < -0.39 is 17.6 Å². The SMILES string of the molecule is C#CCCCNCc1ccc(F)c(C(F)(F)F)c1. The van der Waals surface area contributed by atoms with E-state index >= 15 is 0 Å². The van der Waals surface area contributed by atoms with Crippen molar-refractivity contribution in [3.05, 3.63) is 35.1 Å². The predicted octanol–water partition coefficient (Wildman–Crippen LogP) is 3.35. The van der Waals surface area contributed by atoms with Crippen LogP contribution < -0.4 is 5.32 Å². The van der Waals surface area contributed by atoms with Crippen LogP contribution in [0.4, 0.5) is 17.6 Å². The van der Waals surface area contributed by atoms with Gasteiger partial charge in [-0.1, -0.05) is 6.07 Å². The molecule has 0 aliphatic heterocycles. The third-order valence-corrected chi connectivity index (χ3v) is 2.34. The Morgan fingerprint density at radius 2 is 2.00 bits per heavy atom. The minimum absolute atomic E-state index is 0.258. The fourth-order valence-corrected chi connectivity index (χ4v) is 1.45. The number of nitrogens with one attached hydrogen (secondary N) is 1. The van der Waals surface area contributed by atoms with Crippen LogP contribution in [0.3, 0.4) is 0 Å².